The first-order valence-electron chi connectivity index (χ1n) is 21.7. The van der Waals surface area contributed by atoms with E-state index in [1.165, 1.54) is 32.9 Å². The molecule has 0 radical (unpaired) electrons. The van der Waals surface area contributed by atoms with Crippen molar-refractivity contribution in [3.8, 4) is 56.7 Å². The number of rotatable bonds is 6. The molecule has 0 aliphatic rings. The minimum absolute atomic E-state index is 0.574. The summed E-state index contributed by atoms with van der Waals surface area (Å²) in [5.41, 5.74) is 12.2. The van der Waals surface area contributed by atoms with Crippen LogP contribution in [0.1, 0.15) is 0 Å². The monoisotopic (exact) mass is 815 g/mol. The van der Waals surface area contributed by atoms with E-state index in [1.807, 2.05) is 0 Å². The van der Waals surface area contributed by atoms with Gasteiger partial charge in [0.15, 0.2) is 11.6 Å². The molecule has 0 fully saturated rings. The molecule has 3 aromatic heterocycles. The van der Waals surface area contributed by atoms with Crippen molar-refractivity contribution < 1.29 is 0 Å². The summed E-state index contributed by atoms with van der Waals surface area (Å²) in [4.78, 5) is 15.9. The maximum absolute atomic E-state index is 5.33. The van der Waals surface area contributed by atoms with E-state index in [2.05, 4.69) is 234 Å². The van der Waals surface area contributed by atoms with E-state index in [9.17, 15) is 0 Å². The molecule has 0 bridgehead atoms. The Hall–Kier alpha value is -8.67. The van der Waals surface area contributed by atoms with Crippen LogP contribution >= 0.6 is 0 Å². The summed E-state index contributed by atoms with van der Waals surface area (Å²) in [6, 6.07) is 80.0. The van der Waals surface area contributed by atoms with Crippen LogP contribution in [0.15, 0.2) is 224 Å². The van der Waals surface area contributed by atoms with Gasteiger partial charge in [-0.2, -0.15) is 9.97 Å². The third-order valence-corrected chi connectivity index (χ3v) is 12.8. The zero-order valence-electron chi connectivity index (χ0n) is 34.6. The van der Waals surface area contributed by atoms with Crippen molar-refractivity contribution in [3.05, 3.63) is 224 Å². The van der Waals surface area contributed by atoms with Crippen LogP contribution in [-0.2, 0) is 0 Å². The van der Waals surface area contributed by atoms with E-state index >= 15 is 0 Å². The van der Waals surface area contributed by atoms with Gasteiger partial charge in [-0.05, 0) is 92.3 Å². The van der Waals surface area contributed by atoms with E-state index in [-0.39, 0.29) is 0 Å². The van der Waals surface area contributed by atoms with Crippen LogP contribution < -0.4 is 0 Å². The Morgan fingerprint density at radius 2 is 0.703 bits per heavy atom. The summed E-state index contributed by atoms with van der Waals surface area (Å²) < 4.78 is 4.60. The summed E-state index contributed by atoms with van der Waals surface area (Å²) in [6.07, 6.45) is 0. The predicted octanol–water partition coefficient (Wildman–Crippen LogP) is 15.0. The molecule has 0 N–H and O–H groups in total. The second-order valence-corrected chi connectivity index (χ2v) is 16.4. The van der Waals surface area contributed by atoms with Crippen molar-refractivity contribution in [2.45, 2.75) is 0 Å². The molecule has 0 aliphatic heterocycles. The molecule has 0 amide bonds. The van der Waals surface area contributed by atoms with Crippen LogP contribution in [0.2, 0.25) is 0 Å². The minimum atomic E-state index is 0.574. The van der Waals surface area contributed by atoms with E-state index in [0.717, 1.165) is 71.3 Å². The smallest absolute Gasteiger partial charge is 0.238 e. The molecule has 13 rings (SSSR count). The standard InChI is InChI=1S/C59H37N5/c1-2-15-38(16-3-1)41-21-12-22-44(35-41)63-53-29-10-8-25-47(53)51-36-42(31-33-55(51)63)43-32-34-56-52(37-43)48-26-9-11-30-54(48)64(56)59-61-57(49-27-13-19-39-17-4-6-23-45(39)49)60-58(62-59)50-28-14-20-40-18-5-7-24-46(40)50/h1-37H. The highest BCUT2D eigenvalue weighted by molar-refractivity contribution is 6.13. The second-order valence-electron chi connectivity index (χ2n) is 16.4. The van der Waals surface area contributed by atoms with Gasteiger partial charge in [0.1, 0.15) is 0 Å². The molecule has 64 heavy (non-hydrogen) atoms. The van der Waals surface area contributed by atoms with Crippen LogP contribution in [0.4, 0.5) is 0 Å². The molecule has 0 atom stereocenters. The average molecular weight is 816 g/mol. The SMILES string of the molecule is c1ccc(-c2cccc(-n3c4ccccc4c4cc(-c5ccc6c(c5)c5ccccc5n6-c5nc(-c6cccc7ccccc67)nc(-c6cccc7ccccc67)n5)ccc43)c2)cc1. The maximum Gasteiger partial charge on any atom is 0.238 e. The molecule has 5 nitrogen and oxygen atoms in total. The summed E-state index contributed by atoms with van der Waals surface area (Å²) in [6.45, 7) is 0. The van der Waals surface area contributed by atoms with Crippen LogP contribution in [0.25, 0.3) is 122 Å². The third kappa shape index (κ3) is 5.75. The fourth-order valence-corrected chi connectivity index (χ4v) is 9.80. The van der Waals surface area contributed by atoms with Gasteiger partial charge in [-0.15, -0.1) is 0 Å². The van der Waals surface area contributed by atoms with Crippen molar-refractivity contribution in [3.63, 3.8) is 0 Å². The van der Waals surface area contributed by atoms with Crippen molar-refractivity contribution in [1.29, 1.82) is 0 Å². The van der Waals surface area contributed by atoms with Crippen molar-refractivity contribution in [1.82, 2.24) is 24.1 Å². The molecule has 0 unspecified atom stereocenters. The summed E-state index contributed by atoms with van der Waals surface area (Å²) in [5.74, 6) is 1.84. The highest BCUT2D eigenvalue weighted by Crippen LogP contribution is 2.39. The largest absolute Gasteiger partial charge is 0.309 e. The predicted molar refractivity (Wildman–Crippen MR) is 265 cm³/mol. The number of benzene rings is 10. The van der Waals surface area contributed by atoms with Crippen LogP contribution in [0, 0.1) is 0 Å². The Balaban J connectivity index is 0.992. The molecule has 0 saturated carbocycles. The molecule has 5 heteroatoms. The molecule has 10 aromatic carbocycles. The summed E-state index contributed by atoms with van der Waals surface area (Å²) in [5, 5.41) is 9.17. The number of hydrogen-bond donors (Lipinski definition) is 0. The first-order valence-corrected chi connectivity index (χ1v) is 21.7. The van der Waals surface area contributed by atoms with E-state index in [0.29, 0.717) is 17.6 Å². The zero-order valence-corrected chi connectivity index (χ0v) is 34.6. The topological polar surface area (TPSA) is 48.5 Å². The Morgan fingerprint density at radius 3 is 1.31 bits per heavy atom. The normalized spacial score (nSPS) is 11.8. The first kappa shape index (κ1) is 36.0. The van der Waals surface area contributed by atoms with Gasteiger partial charge in [-0.25, -0.2) is 4.98 Å². The third-order valence-electron chi connectivity index (χ3n) is 12.8. The second kappa shape index (κ2) is 14.5. The van der Waals surface area contributed by atoms with Gasteiger partial charge in [-0.1, -0.05) is 176 Å². The molecule has 0 saturated heterocycles. The number of para-hydroxylation sites is 2. The molecule has 298 valence electrons. The molecule has 3 heterocycles. The van der Waals surface area contributed by atoms with E-state index < -0.39 is 0 Å². The Kier molecular flexibility index (Phi) is 8.15. The van der Waals surface area contributed by atoms with Gasteiger partial charge in [0, 0.05) is 38.4 Å². The minimum Gasteiger partial charge on any atom is -0.309 e. The lowest BCUT2D eigenvalue weighted by molar-refractivity contribution is 0.955. The van der Waals surface area contributed by atoms with Gasteiger partial charge in [0.05, 0.1) is 22.1 Å². The quantitative estimate of drug-likeness (QED) is 0.168. The van der Waals surface area contributed by atoms with Gasteiger partial charge in [-0.3, -0.25) is 4.57 Å². The Labute approximate surface area is 368 Å². The lowest BCUT2D eigenvalue weighted by Gasteiger charge is -2.13. The number of hydrogen-bond acceptors (Lipinski definition) is 3. The maximum atomic E-state index is 5.33. The Morgan fingerprint density at radius 1 is 0.266 bits per heavy atom. The van der Waals surface area contributed by atoms with Gasteiger partial charge in [0.25, 0.3) is 0 Å². The average Bonchev–Trinajstić information content (AvgIpc) is 3.88. The van der Waals surface area contributed by atoms with Crippen molar-refractivity contribution in [2.24, 2.45) is 0 Å². The highest BCUT2D eigenvalue weighted by Gasteiger charge is 2.21. The molecule has 13 aromatic rings. The van der Waals surface area contributed by atoms with Crippen molar-refractivity contribution in [2.75, 3.05) is 0 Å². The van der Waals surface area contributed by atoms with E-state index in [4.69, 9.17) is 15.0 Å². The van der Waals surface area contributed by atoms with Crippen LogP contribution in [0.3, 0.4) is 0 Å². The van der Waals surface area contributed by atoms with Crippen LogP contribution in [0.5, 0.6) is 0 Å². The number of nitrogens with zero attached hydrogens (tertiary/aromatic N) is 5. The first-order chi connectivity index (χ1) is 31.7. The molecule has 0 aliphatic carbocycles. The lowest BCUT2D eigenvalue weighted by Crippen LogP contribution is -2.06. The van der Waals surface area contributed by atoms with Gasteiger partial charge < -0.3 is 4.57 Å². The zero-order chi connectivity index (χ0) is 42.1. The Bertz CT molecular complexity index is 3860. The lowest BCUT2D eigenvalue weighted by atomic mass is 10.0. The fraction of sp³-hybridized carbons (Fsp3) is 0. The van der Waals surface area contributed by atoms with E-state index in [1.54, 1.807) is 0 Å². The number of fused-ring (bicyclic) bond motifs is 8. The fourth-order valence-electron chi connectivity index (χ4n) is 9.80. The summed E-state index contributed by atoms with van der Waals surface area (Å²) in [7, 11) is 0. The highest BCUT2D eigenvalue weighted by atomic mass is 15.2. The van der Waals surface area contributed by atoms with Gasteiger partial charge in [0.2, 0.25) is 5.95 Å². The molecular weight excluding hydrogens is 779 g/mol. The molecular formula is C59H37N5. The number of aromatic nitrogens is 5. The summed E-state index contributed by atoms with van der Waals surface area (Å²) >= 11 is 0. The van der Waals surface area contributed by atoms with Crippen molar-refractivity contribution >= 4 is 65.2 Å². The van der Waals surface area contributed by atoms with Crippen LogP contribution in [-0.4, -0.2) is 24.1 Å². The van der Waals surface area contributed by atoms with Gasteiger partial charge >= 0.3 is 0 Å². The molecule has 0 spiro atoms.